The summed E-state index contributed by atoms with van der Waals surface area (Å²) in [6.45, 7) is 4.81. The topological polar surface area (TPSA) is 25.8 Å². The largest absolute Gasteiger partial charge is 0.227 e. The first-order chi connectivity index (χ1) is 28.5. The third kappa shape index (κ3) is 4.96. The maximum atomic E-state index is 5.21. The van der Waals surface area contributed by atoms with Gasteiger partial charge in [-0.15, -0.1) is 11.3 Å². The van der Waals surface area contributed by atoms with Crippen molar-refractivity contribution in [3.63, 3.8) is 0 Å². The van der Waals surface area contributed by atoms with Gasteiger partial charge in [0.2, 0.25) is 0 Å². The number of fused-ring (bicyclic) bond motifs is 11. The van der Waals surface area contributed by atoms with Crippen LogP contribution in [-0.4, -0.2) is 9.97 Å². The average molecular weight is 763 g/mol. The monoisotopic (exact) mass is 762 g/mol. The van der Waals surface area contributed by atoms with E-state index in [-0.39, 0.29) is 10.8 Å². The number of benzene rings is 7. The molecule has 0 radical (unpaired) electrons. The fourth-order valence-electron chi connectivity index (χ4n) is 10.8. The van der Waals surface area contributed by atoms with Gasteiger partial charge in [-0.1, -0.05) is 167 Å². The minimum atomic E-state index is -0.000910. The summed E-state index contributed by atoms with van der Waals surface area (Å²) in [4.78, 5) is 11.4. The summed E-state index contributed by atoms with van der Waals surface area (Å²) >= 11 is 1.74. The van der Waals surface area contributed by atoms with E-state index in [1.807, 2.05) is 0 Å². The van der Waals surface area contributed by atoms with E-state index in [2.05, 4.69) is 172 Å². The zero-order valence-corrected chi connectivity index (χ0v) is 33.7. The van der Waals surface area contributed by atoms with Crippen molar-refractivity contribution in [2.24, 2.45) is 0 Å². The number of thiophene rings is 1. The van der Waals surface area contributed by atoms with Crippen LogP contribution >= 0.6 is 11.3 Å². The Morgan fingerprint density at radius 2 is 1.03 bits per heavy atom. The zero-order valence-electron chi connectivity index (χ0n) is 32.8. The highest BCUT2D eigenvalue weighted by atomic mass is 32.1. The van der Waals surface area contributed by atoms with Crippen LogP contribution in [0.25, 0.3) is 87.5 Å². The molecule has 58 heavy (non-hydrogen) atoms. The van der Waals surface area contributed by atoms with Gasteiger partial charge in [-0.25, -0.2) is 9.97 Å². The lowest BCUT2D eigenvalue weighted by atomic mass is 9.67. The molecule has 3 heteroatoms. The molecule has 9 aromatic rings. The van der Waals surface area contributed by atoms with Gasteiger partial charge in [-0.05, 0) is 104 Å². The maximum Gasteiger partial charge on any atom is 0.161 e. The first-order valence-corrected chi connectivity index (χ1v) is 21.7. The lowest BCUT2D eigenvalue weighted by Gasteiger charge is -2.36. The van der Waals surface area contributed by atoms with Crippen molar-refractivity contribution in [1.29, 1.82) is 0 Å². The fraction of sp³-hybridized carbons (Fsp3) is 0.164. The van der Waals surface area contributed by atoms with Crippen LogP contribution in [-0.2, 0) is 10.8 Å². The third-order valence-corrected chi connectivity index (χ3v) is 14.8. The molecule has 0 N–H and O–H groups in total. The predicted molar refractivity (Wildman–Crippen MR) is 244 cm³/mol. The van der Waals surface area contributed by atoms with E-state index in [1.54, 1.807) is 22.5 Å². The van der Waals surface area contributed by atoms with Crippen molar-refractivity contribution < 1.29 is 0 Å². The summed E-state index contributed by atoms with van der Waals surface area (Å²) in [5.74, 6) is 0.757. The van der Waals surface area contributed by atoms with E-state index in [1.165, 1.54) is 97.8 Å². The second-order valence-corrected chi connectivity index (χ2v) is 18.2. The molecule has 12 rings (SSSR count). The van der Waals surface area contributed by atoms with E-state index in [0.717, 1.165) is 32.9 Å². The number of hydrogen-bond acceptors (Lipinski definition) is 3. The van der Waals surface area contributed by atoms with Crippen LogP contribution in [0.1, 0.15) is 68.2 Å². The Hall–Kier alpha value is -6.16. The van der Waals surface area contributed by atoms with Gasteiger partial charge in [-0.2, -0.15) is 0 Å². The highest BCUT2D eigenvalue weighted by Crippen LogP contribution is 2.60. The zero-order chi connectivity index (χ0) is 38.6. The molecule has 0 atom stereocenters. The summed E-state index contributed by atoms with van der Waals surface area (Å²) in [7, 11) is 0. The van der Waals surface area contributed by atoms with Crippen molar-refractivity contribution in [1.82, 2.24) is 9.97 Å². The molecule has 3 aliphatic carbocycles. The molecule has 2 nitrogen and oxygen atoms in total. The summed E-state index contributed by atoms with van der Waals surface area (Å²) in [5.41, 5.74) is 20.0. The Morgan fingerprint density at radius 1 is 0.448 bits per heavy atom. The number of aromatic nitrogens is 2. The molecule has 1 spiro atoms. The van der Waals surface area contributed by atoms with Crippen LogP contribution in [0.2, 0.25) is 0 Å². The molecule has 0 saturated heterocycles. The summed E-state index contributed by atoms with van der Waals surface area (Å²) in [6.07, 6.45) is 6.36. The minimum absolute atomic E-state index is 0.000910. The average Bonchev–Trinajstić information content (AvgIpc) is 3.86. The molecule has 1 fully saturated rings. The van der Waals surface area contributed by atoms with E-state index in [9.17, 15) is 0 Å². The molecule has 2 heterocycles. The van der Waals surface area contributed by atoms with E-state index in [4.69, 9.17) is 9.97 Å². The molecule has 3 aliphatic rings. The number of nitrogens with zero attached hydrogens (tertiary/aromatic N) is 2. The molecule has 7 aromatic carbocycles. The van der Waals surface area contributed by atoms with Crippen molar-refractivity contribution in [3.05, 3.63) is 180 Å². The molecule has 0 unspecified atom stereocenters. The Kier molecular flexibility index (Phi) is 7.41. The normalized spacial score (nSPS) is 15.7. The van der Waals surface area contributed by atoms with Gasteiger partial charge >= 0.3 is 0 Å². The lowest BCUT2D eigenvalue weighted by Crippen LogP contribution is -2.28. The quantitative estimate of drug-likeness (QED) is 0.178. The summed E-state index contributed by atoms with van der Waals surface area (Å²) < 4.78 is 1.23. The SMILES string of the molecule is CC1(C)c2ccccc2-c2cc3c(cc21)-c1ccc(-c2ccc(-c4ccc(-c5nc(-c6ccccc6)c6c(n5)sc5ccccc56)cc4)cc2)cc1C31CCCCC1. The van der Waals surface area contributed by atoms with Crippen LogP contribution in [0.15, 0.2) is 158 Å². The maximum absolute atomic E-state index is 5.21. The van der Waals surface area contributed by atoms with Crippen LogP contribution in [0.3, 0.4) is 0 Å². The van der Waals surface area contributed by atoms with Crippen molar-refractivity contribution >= 4 is 31.6 Å². The van der Waals surface area contributed by atoms with Crippen molar-refractivity contribution in [3.8, 4) is 67.2 Å². The van der Waals surface area contributed by atoms with E-state index in [0.29, 0.717) is 0 Å². The molecule has 0 amide bonds. The Labute approximate surface area is 343 Å². The van der Waals surface area contributed by atoms with Gasteiger partial charge in [-0.3, -0.25) is 0 Å². The van der Waals surface area contributed by atoms with Gasteiger partial charge in [0.25, 0.3) is 0 Å². The van der Waals surface area contributed by atoms with Crippen LogP contribution in [0, 0.1) is 0 Å². The second-order valence-electron chi connectivity index (χ2n) is 17.2. The summed E-state index contributed by atoms with van der Waals surface area (Å²) in [5, 5.41) is 2.34. The van der Waals surface area contributed by atoms with E-state index >= 15 is 0 Å². The third-order valence-electron chi connectivity index (χ3n) is 13.8. The smallest absolute Gasteiger partial charge is 0.161 e. The molecule has 278 valence electrons. The minimum Gasteiger partial charge on any atom is -0.227 e. The molecular formula is C55H42N2S. The van der Waals surface area contributed by atoms with Crippen molar-refractivity contribution in [2.45, 2.75) is 56.8 Å². The van der Waals surface area contributed by atoms with Crippen LogP contribution in [0.5, 0.6) is 0 Å². The van der Waals surface area contributed by atoms with Gasteiger partial charge in [0.15, 0.2) is 5.82 Å². The lowest BCUT2D eigenvalue weighted by molar-refractivity contribution is 0.353. The Bertz CT molecular complexity index is 3090. The fourth-order valence-corrected chi connectivity index (χ4v) is 11.9. The highest BCUT2D eigenvalue weighted by Gasteiger charge is 2.46. The summed E-state index contributed by atoms with van der Waals surface area (Å²) in [6, 6.07) is 58.6. The number of hydrogen-bond donors (Lipinski definition) is 0. The standard InChI is InChI=1S/C55H42N2S/c1-54(2)45-17-9-7-15-40(45)43-33-48-44(32-46(43)54)41-28-27-39(31-47(41)55(48)29-11-4-12-30-55)36-21-19-34(20-22-36)35-23-25-38(26-24-35)52-56-51(37-13-5-3-6-14-37)50-42-16-8-10-18-49(42)58-53(50)57-52/h3,5-10,13-28,31-33H,4,11-12,29-30H2,1-2H3. The Morgan fingerprint density at radius 3 is 1.81 bits per heavy atom. The van der Waals surface area contributed by atoms with Crippen molar-refractivity contribution in [2.75, 3.05) is 0 Å². The van der Waals surface area contributed by atoms with Gasteiger partial charge in [0, 0.05) is 37.4 Å². The number of rotatable bonds is 4. The van der Waals surface area contributed by atoms with Gasteiger partial charge in [0.05, 0.1) is 5.69 Å². The van der Waals surface area contributed by atoms with Gasteiger partial charge in [0.1, 0.15) is 4.83 Å². The second kappa shape index (κ2) is 12.7. The predicted octanol–water partition coefficient (Wildman–Crippen LogP) is 15.0. The van der Waals surface area contributed by atoms with Crippen LogP contribution < -0.4 is 0 Å². The first kappa shape index (κ1) is 33.9. The molecule has 1 saturated carbocycles. The van der Waals surface area contributed by atoms with Gasteiger partial charge < -0.3 is 0 Å². The van der Waals surface area contributed by atoms with Crippen LogP contribution in [0.4, 0.5) is 0 Å². The molecule has 0 aliphatic heterocycles. The molecular weight excluding hydrogens is 721 g/mol. The van der Waals surface area contributed by atoms with E-state index < -0.39 is 0 Å². The molecule has 0 bridgehead atoms. The molecule has 2 aromatic heterocycles. The Balaban J connectivity index is 0.876. The highest BCUT2D eigenvalue weighted by molar-refractivity contribution is 7.25. The first-order valence-electron chi connectivity index (χ1n) is 20.9.